The van der Waals surface area contributed by atoms with Crippen molar-refractivity contribution in [3.63, 3.8) is 0 Å². The molecule has 0 saturated carbocycles. The molecule has 0 aliphatic heterocycles. The summed E-state index contributed by atoms with van der Waals surface area (Å²) in [6.45, 7) is -0.303. The Kier molecular flexibility index (Phi) is 2.29. The fourth-order valence-corrected chi connectivity index (χ4v) is 1.41. The highest BCUT2D eigenvalue weighted by Gasteiger charge is 2.13. The van der Waals surface area contributed by atoms with Gasteiger partial charge in [-0.2, -0.15) is 9.50 Å². The van der Waals surface area contributed by atoms with Crippen LogP contribution in [-0.2, 0) is 6.61 Å². The van der Waals surface area contributed by atoms with E-state index in [-0.39, 0.29) is 28.8 Å². The van der Waals surface area contributed by atoms with Crippen molar-refractivity contribution in [3.05, 3.63) is 17.6 Å². The third-order valence-electron chi connectivity index (χ3n) is 1.79. The molecule has 0 bridgehead atoms. The lowest BCUT2D eigenvalue weighted by Gasteiger charge is -2.00. The van der Waals surface area contributed by atoms with Crippen molar-refractivity contribution in [2.75, 3.05) is 0 Å². The number of primary amides is 1. The number of thiol groups is 1. The minimum atomic E-state index is -0.643. The molecule has 0 fully saturated rings. The van der Waals surface area contributed by atoms with Crippen LogP contribution in [0.4, 0.5) is 0 Å². The SMILES string of the molecule is NC(=O)c1cnc2nc(CO)nn2c1S. The highest BCUT2D eigenvalue weighted by atomic mass is 32.1. The smallest absolute Gasteiger partial charge is 0.253 e. The first kappa shape index (κ1) is 9.87. The van der Waals surface area contributed by atoms with E-state index in [0.29, 0.717) is 0 Å². The summed E-state index contributed by atoms with van der Waals surface area (Å²) in [5, 5.41) is 13.0. The molecule has 2 aromatic rings. The second kappa shape index (κ2) is 3.48. The molecule has 0 atom stereocenters. The molecule has 15 heavy (non-hydrogen) atoms. The summed E-state index contributed by atoms with van der Waals surface area (Å²) in [5.74, 6) is -0.177. The highest BCUT2D eigenvalue weighted by molar-refractivity contribution is 7.80. The second-order valence-corrected chi connectivity index (χ2v) is 3.18. The van der Waals surface area contributed by atoms with E-state index in [1.807, 2.05) is 0 Å². The average molecular weight is 225 g/mol. The van der Waals surface area contributed by atoms with Gasteiger partial charge in [0.05, 0.1) is 5.56 Å². The van der Waals surface area contributed by atoms with Gasteiger partial charge in [0.2, 0.25) is 0 Å². The molecule has 0 aliphatic carbocycles. The molecule has 0 aliphatic rings. The number of hydrogen-bond acceptors (Lipinski definition) is 6. The van der Waals surface area contributed by atoms with E-state index in [0.717, 1.165) is 0 Å². The van der Waals surface area contributed by atoms with Gasteiger partial charge >= 0.3 is 0 Å². The van der Waals surface area contributed by atoms with Gasteiger partial charge in [0, 0.05) is 6.20 Å². The lowest BCUT2D eigenvalue weighted by molar-refractivity contribution is 0.0996. The highest BCUT2D eigenvalue weighted by Crippen LogP contribution is 2.13. The topological polar surface area (TPSA) is 106 Å². The van der Waals surface area contributed by atoms with Gasteiger partial charge in [0.25, 0.3) is 11.7 Å². The van der Waals surface area contributed by atoms with Gasteiger partial charge in [-0.1, -0.05) is 0 Å². The third kappa shape index (κ3) is 1.53. The summed E-state index contributed by atoms with van der Waals surface area (Å²) in [4.78, 5) is 18.7. The molecule has 0 saturated heterocycles. The Hall–Kier alpha value is -1.67. The van der Waals surface area contributed by atoms with E-state index in [4.69, 9.17) is 10.8 Å². The van der Waals surface area contributed by atoms with E-state index < -0.39 is 5.91 Å². The van der Waals surface area contributed by atoms with E-state index in [2.05, 4.69) is 27.7 Å². The Morgan fingerprint density at radius 1 is 1.67 bits per heavy atom. The van der Waals surface area contributed by atoms with Gasteiger partial charge in [-0.15, -0.1) is 17.7 Å². The first-order chi connectivity index (χ1) is 7.13. The maximum absolute atomic E-state index is 11.0. The summed E-state index contributed by atoms with van der Waals surface area (Å²) in [6, 6.07) is 0. The van der Waals surface area contributed by atoms with Gasteiger partial charge in [0.1, 0.15) is 11.6 Å². The maximum atomic E-state index is 11.0. The van der Waals surface area contributed by atoms with Crippen molar-refractivity contribution < 1.29 is 9.90 Å². The van der Waals surface area contributed by atoms with E-state index in [1.165, 1.54) is 10.7 Å². The predicted molar refractivity (Wildman–Crippen MR) is 52.5 cm³/mol. The van der Waals surface area contributed by atoms with Crippen LogP contribution in [-0.4, -0.2) is 30.6 Å². The lowest BCUT2D eigenvalue weighted by Crippen LogP contribution is -2.14. The molecule has 8 heteroatoms. The van der Waals surface area contributed by atoms with Crippen LogP contribution in [0.5, 0.6) is 0 Å². The van der Waals surface area contributed by atoms with Crippen molar-refractivity contribution in [2.24, 2.45) is 5.73 Å². The quantitative estimate of drug-likeness (QED) is 0.449. The molecule has 3 N–H and O–H groups in total. The lowest BCUT2D eigenvalue weighted by atomic mass is 10.3. The maximum Gasteiger partial charge on any atom is 0.253 e. The van der Waals surface area contributed by atoms with E-state index >= 15 is 0 Å². The summed E-state index contributed by atoms with van der Waals surface area (Å²) in [6.07, 6.45) is 1.27. The van der Waals surface area contributed by atoms with E-state index in [1.54, 1.807) is 0 Å². The number of aromatic nitrogens is 4. The number of aliphatic hydroxyl groups excluding tert-OH is 1. The Balaban J connectivity index is 2.72. The van der Waals surface area contributed by atoms with Crippen LogP contribution in [0.25, 0.3) is 5.78 Å². The molecule has 0 unspecified atom stereocenters. The normalized spacial score (nSPS) is 10.8. The number of amides is 1. The molecule has 0 radical (unpaired) electrons. The number of aliphatic hydroxyl groups is 1. The summed E-state index contributed by atoms with van der Waals surface area (Å²) in [5.41, 5.74) is 5.26. The molecule has 0 spiro atoms. The number of nitrogens with zero attached hydrogens (tertiary/aromatic N) is 4. The van der Waals surface area contributed by atoms with Crippen molar-refractivity contribution in [3.8, 4) is 0 Å². The third-order valence-corrected chi connectivity index (χ3v) is 2.22. The molecule has 2 rings (SSSR count). The minimum Gasteiger partial charge on any atom is -0.388 e. The first-order valence-corrected chi connectivity index (χ1v) is 4.42. The second-order valence-electron chi connectivity index (χ2n) is 2.76. The Morgan fingerprint density at radius 2 is 2.40 bits per heavy atom. The molecular formula is C7H7N5O2S. The van der Waals surface area contributed by atoms with Gasteiger partial charge in [0.15, 0.2) is 5.82 Å². The van der Waals surface area contributed by atoms with Gasteiger partial charge < -0.3 is 10.8 Å². The number of hydrogen-bond donors (Lipinski definition) is 3. The van der Waals surface area contributed by atoms with Crippen LogP contribution in [0.15, 0.2) is 11.2 Å². The van der Waals surface area contributed by atoms with Gasteiger partial charge in [-0.25, -0.2) is 4.98 Å². The van der Waals surface area contributed by atoms with Crippen LogP contribution in [0.3, 0.4) is 0 Å². The van der Waals surface area contributed by atoms with Crippen LogP contribution >= 0.6 is 12.6 Å². The van der Waals surface area contributed by atoms with Gasteiger partial charge in [-0.3, -0.25) is 4.79 Å². The van der Waals surface area contributed by atoms with Crippen LogP contribution in [0.2, 0.25) is 0 Å². The van der Waals surface area contributed by atoms with Crippen molar-refractivity contribution in [1.82, 2.24) is 19.6 Å². The monoisotopic (exact) mass is 225 g/mol. The average Bonchev–Trinajstić information content (AvgIpc) is 2.61. The predicted octanol–water partition coefficient (Wildman–Crippen LogP) is -0.996. The molecule has 7 nitrogen and oxygen atoms in total. The number of carbonyl (C=O) groups is 1. The molecule has 0 aromatic carbocycles. The number of fused-ring (bicyclic) bond motifs is 1. The number of rotatable bonds is 2. The van der Waals surface area contributed by atoms with E-state index in [9.17, 15) is 4.79 Å². The van der Waals surface area contributed by atoms with Crippen LogP contribution in [0, 0.1) is 0 Å². The Bertz CT molecular complexity index is 537. The largest absolute Gasteiger partial charge is 0.388 e. The summed E-state index contributed by atoms with van der Waals surface area (Å²) >= 11 is 4.09. The zero-order valence-electron chi connectivity index (χ0n) is 7.45. The molecular weight excluding hydrogens is 218 g/mol. The number of nitrogens with two attached hydrogens (primary N) is 1. The fourth-order valence-electron chi connectivity index (χ4n) is 1.11. The standard InChI is InChI=1S/C7H7N5O2S/c8-5(14)3-1-9-7-10-4(2-13)11-12(7)6(3)15/h1,13,15H,2H2,(H2,8,14). The Morgan fingerprint density at radius 3 is 3.00 bits per heavy atom. The summed E-state index contributed by atoms with van der Waals surface area (Å²) in [7, 11) is 0. The Labute approximate surface area is 89.4 Å². The summed E-state index contributed by atoms with van der Waals surface area (Å²) < 4.78 is 1.24. The zero-order chi connectivity index (χ0) is 11.0. The van der Waals surface area contributed by atoms with Gasteiger partial charge in [-0.05, 0) is 0 Å². The first-order valence-electron chi connectivity index (χ1n) is 3.97. The van der Waals surface area contributed by atoms with Crippen LogP contribution < -0.4 is 5.73 Å². The molecule has 2 heterocycles. The molecule has 2 aromatic heterocycles. The van der Waals surface area contributed by atoms with Crippen molar-refractivity contribution in [2.45, 2.75) is 11.6 Å². The molecule has 78 valence electrons. The molecule has 1 amide bonds. The van der Waals surface area contributed by atoms with Crippen molar-refractivity contribution >= 4 is 24.3 Å². The minimum absolute atomic E-state index is 0.153. The van der Waals surface area contributed by atoms with Crippen molar-refractivity contribution in [1.29, 1.82) is 0 Å². The zero-order valence-corrected chi connectivity index (χ0v) is 8.35. The number of carbonyl (C=O) groups excluding carboxylic acids is 1. The fraction of sp³-hybridized carbons (Fsp3) is 0.143. The van der Waals surface area contributed by atoms with Crippen LogP contribution in [0.1, 0.15) is 16.2 Å².